The van der Waals surface area contributed by atoms with Gasteiger partial charge < -0.3 is 10.5 Å². The Kier molecular flexibility index (Phi) is 4.39. The molecule has 1 atom stereocenters. The number of nitrogens with two attached hydrogens (primary N) is 1. The fraction of sp³-hybridized carbons (Fsp3) is 0.333. The lowest BCUT2D eigenvalue weighted by atomic mass is 9.70. The second-order valence-corrected chi connectivity index (χ2v) is 7.46. The van der Waals surface area contributed by atoms with Crippen molar-refractivity contribution in [3.63, 3.8) is 0 Å². The van der Waals surface area contributed by atoms with Gasteiger partial charge in [0.25, 0.3) is 11.4 Å². The number of nitro benzene ring substituents is 2. The Morgan fingerprint density at radius 1 is 1.25 bits per heavy atom. The average Bonchev–Trinajstić information content (AvgIpc) is 2.58. The van der Waals surface area contributed by atoms with Crippen molar-refractivity contribution in [2.24, 2.45) is 11.1 Å². The molecule has 2 aliphatic rings. The summed E-state index contributed by atoms with van der Waals surface area (Å²) >= 11 is 0. The summed E-state index contributed by atoms with van der Waals surface area (Å²) in [6, 6.07) is 4.97. The summed E-state index contributed by atoms with van der Waals surface area (Å²) in [6.07, 6.45) is 0.538. The third kappa shape index (κ3) is 3.07. The van der Waals surface area contributed by atoms with E-state index in [-0.39, 0.29) is 40.6 Å². The SMILES string of the molecule is CC1(C)CC(=O)C2=C(C1)OC(N)=C(C#N)C2c1ccc([N+](=O)[O-])cc1[N+](=O)[O-]. The molecule has 1 aliphatic carbocycles. The predicted octanol–water partition coefficient (Wildman–Crippen LogP) is 2.95. The van der Waals surface area contributed by atoms with E-state index in [1.165, 1.54) is 6.07 Å². The van der Waals surface area contributed by atoms with Crippen molar-refractivity contribution in [2.75, 3.05) is 0 Å². The molecule has 1 aromatic rings. The quantitative estimate of drug-likeness (QED) is 0.614. The van der Waals surface area contributed by atoms with Crippen molar-refractivity contribution in [1.29, 1.82) is 5.26 Å². The maximum absolute atomic E-state index is 12.9. The van der Waals surface area contributed by atoms with Crippen LogP contribution in [0.25, 0.3) is 0 Å². The molecule has 10 heteroatoms. The zero-order valence-corrected chi connectivity index (χ0v) is 15.1. The molecule has 1 heterocycles. The second kappa shape index (κ2) is 6.45. The maximum atomic E-state index is 12.9. The van der Waals surface area contributed by atoms with Crippen molar-refractivity contribution in [3.8, 4) is 6.07 Å². The van der Waals surface area contributed by atoms with Crippen molar-refractivity contribution in [3.05, 3.63) is 66.8 Å². The Balaban J connectivity index is 2.28. The molecular formula is C18H16N4O6. The average molecular weight is 384 g/mol. The minimum Gasteiger partial charge on any atom is -0.444 e. The Hall–Kier alpha value is -3.74. The second-order valence-electron chi connectivity index (χ2n) is 7.46. The van der Waals surface area contributed by atoms with E-state index in [0.29, 0.717) is 6.42 Å². The highest BCUT2D eigenvalue weighted by molar-refractivity contribution is 6.00. The lowest BCUT2D eigenvalue weighted by Crippen LogP contribution is -2.33. The first-order valence-corrected chi connectivity index (χ1v) is 8.32. The molecule has 10 nitrogen and oxygen atoms in total. The zero-order chi connectivity index (χ0) is 20.8. The topological polar surface area (TPSA) is 162 Å². The number of hydrogen-bond donors (Lipinski definition) is 1. The van der Waals surface area contributed by atoms with Gasteiger partial charge in [-0.05, 0) is 11.5 Å². The van der Waals surface area contributed by atoms with Crippen molar-refractivity contribution < 1.29 is 19.4 Å². The van der Waals surface area contributed by atoms with Crippen LogP contribution in [0.3, 0.4) is 0 Å². The van der Waals surface area contributed by atoms with Gasteiger partial charge in [0.2, 0.25) is 5.88 Å². The first-order chi connectivity index (χ1) is 13.1. The van der Waals surface area contributed by atoms with E-state index in [1.54, 1.807) is 0 Å². The fourth-order valence-corrected chi connectivity index (χ4v) is 3.64. The van der Waals surface area contributed by atoms with Crippen LogP contribution >= 0.6 is 0 Å². The number of nitrogens with zero attached hydrogens (tertiary/aromatic N) is 3. The van der Waals surface area contributed by atoms with E-state index in [0.717, 1.165) is 12.1 Å². The van der Waals surface area contributed by atoms with Crippen molar-refractivity contribution in [2.45, 2.75) is 32.6 Å². The van der Waals surface area contributed by atoms with Gasteiger partial charge in [-0.2, -0.15) is 5.26 Å². The van der Waals surface area contributed by atoms with Crippen molar-refractivity contribution >= 4 is 17.2 Å². The van der Waals surface area contributed by atoms with Gasteiger partial charge >= 0.3 is 0 Å². The summed E-state index contributed by atoms with van der Waals surface area (Å²) in [7, 11) is 0. The summed E-state index contributed by atoms with van der Waals surface area (Å²) < 4.78 is 5.53. The van der Waals surface area contributed by atoms with Gasteiger partial charge in [0.1, 0.15) is 17.4 Å². The van der Waals surface area contributed by atoms with E-state index in [1.807, 2.05) is 19.9 Å². The standard InChI is InChI=1S/C18H16N4O6/c1-18(2)6-13(23)16-14(7-18)28-17(20)11(8-19)15(16)10-4-3-9(21(24)25)5-12(10)22(26)27/h3-5,15H,6-7,20H2,1-2H3. The molecule has 0 saturated carbocycles. The summed E-state index contributed by atoms with van der Waals surface area (Å²) in [5.74, 6) is -1.37. The number of hydrogen-bond acceptors (Lipinski definition) is 8. The lowest BCUT2D eigenvalue weighted by molar-refractivity contribution is -0.394. The van der Waals surface area contributed by atoms with Crippen LogP contribution < -0.4 is 5.73 Å². The molecule has 28 heavy (non-hydrogen) atoms. The van der Waals surface area contributed by atoms with E-state index < -0.39 is 32.6 Å². The van der Waals surface area contributed by atoms with E-state index in [2.05, 4.69) is 0 Å². The highest BCUT2D eigenvalue weighted by Gasteiger charge is 2.45. The summed E-state index contributed by atoms with van der Waals surface area (Å²) in [4.78, 5) is 33.9. The van der Waals surface area contributed by atoms with Gasteiger partial charge in [-0.15, -0.1) is 0 Å². The van der Waals surface area contributed by atoms with Crippen LogP contribution in [-0.4, -0.2) is 15.6 Å². The Labute approximate surface area is 159 Å². The van der Waals surface area contributed by atoms with Gasteiger partial charge in [-0.1, -0.05) is 13.8 Å². The number of non-ortho nitro benzene ring substituents is 1. The molecule has 1 unspecified atom stereocenters. The Morgan fingerprint density at radius 2 is 1.93 bits per heavy atom. The van der Waals surface area contributed by atoms with Crippen LogP contribution in [0.4, 0.5) is 11.4 Å². The molecule has 0 radical (unpaired) electrons. The number of ketones is 1. The Bertz CT molecular complexity index is 1030. The molecule has 2 N–H and O–H groups in total. The Morgan fingerprint density at radius 3 is 2.50 bits per heavy atom. The minimum atomic E-state index is -1.11. The van der Waals surface area contributed by atoms with Crippen LogP contribution in [-0.2, 0) is 9.53 Å². The van der Waals surface area contributed by atoms with Crippen molar-refractivity contribution in [1.82, 2.24) is 0 Å². The summed E-state index contributed by atoms with van der Waals surface area (Å²) in [5.41, 5.74) is 4.43. The van der Waals surface area contributed by atoms with Gasteiger partial charge in [-0.25, -0.2) is 0 Å². The molecule has 0 saturated heterocycles. The molecule has 1 aromatic carbocycles. The van der Waals surface area contributed by atoms with Gasteiger partial charge in [0, 0.05) is 30.0 Å². The van der Waals surface area contributed by atoms with E-state index >= 15 is 0 Å². The molecule has 3 rings (SSSR count). The number of Topliss-reactive ketones (excluding diaryl/α,β-unsaturated/α-hetero) is 1. The van der Waals surface area contributed by atoms with Crippen LogP contribution in [0.1, 0.15) is 38.2 Å². The van der Waals surface area contributed by atoms with Crippen LogP contribution in [0.5, 0.6) is 0 Å². The number of allylic oxidation sites excluding steroid dienone is 3. The summed E-state index contributed by atoms with van der Waals surface area (Å²) in [6.45, 7) is 3.75. The van der Waals surface area contributed by atoms with Crippen LogP contribution in [0.15, 0.2) is 41.0 Å². The maximum Gasteiger partial charge on any atom is 0.280 e. The molecule has 0 fully saturated rings. The number of benzene rings is 1. The largest absolute Gasteiger partial charge is 0.444 e. The molecule has 0 spiro atoms. The first-order valence-electron chi connectivity index (χ1n) is 8.32. The lowest BCUT2D eigenvalue weighted by Gasteiger charge is -2.37. The number of nitriles is 1. The third-order valence-electron chi connectivity index (χ3n) is 4.81. The normalized spacial score (nSPS) is 20.9. The smallest absolute Gasteiger partial charge is 0.280 e. The highest BCUT2D eigenvalue weighted by Crippen LogP contribution is 2.49. The van der Waals surface area contributed by atoms with E-state index in [4.69, 9.17) is 10.5 Å². The number of nitro groups is 2. The fourth-order valence-electron chi connectivity index (χ4n) is 3.64. The number of rotatable bonds is 3. The zero-order valence-electron chi connectivity index (χ0n) is 15.1. The highest BCUT2D eigenvalue weighted by atomic mass is 16.6. The monoisotopic (exact) mass is 384 g/mol. The third-order valence-corrected chi connectivity index (χ3v) is 4.81. The molecular weight excluding hydrogens is 368 g/mol. The van der Waals surface area contributed by atoms with Crippen LogP contribution in [0, 0.1) is 37.0 Å². The molecule has 1 aliphatic heterocycles. The molecule has 0 aromatic heterocycles. The first kappa shape index (κ1) is 19.0. The van der Waals surface area contributed by atoms with Gasteiger partial charge in [-0.3, -0.25) is 25.0 Å². The number of ether oxygens (including phenoxy) is 1. The molecule has 0 bridgehead atoms. The minimum absolute atomic E-state index is 0.0149. The summed E-state index contributed by atoms with van der Waals surface area (Å²) in [5, 5.41) is 32.2. The van der Waals surface area contributed by atoms with E-state index in [9.17, 15) is 30.3 Å². The van der Waals surface area contributed by atoms with Gasteiger partial charge in [0.15, 0.2) is 5.78 Å². The molecule has 144 valence electrons. The number of carbonyl (C=O) groups excluding carboxylic acids is 1. The predicted molar refractivity (Wildman–Crippen MR) is 95.5 cm³/mol. The number of carbonyl (C=O) groups is 1. The van der Waals surface area contributed by atoms with Gasteiger partial charge in [0.05, 0.1) is 21.8 Å². The van der Waals surface area contributed by atoms with Crippen LogP contribution in [0.2, 0.25) is 0 Å². The molecule has 0 amide bonds.